The number of rotatable bonds is 11. The van der Waals surface area contributed by atoms with Crippen LogP contribution in [0.15, 0.2) is 60.7 Å². The van der Waals surface area contributed by atoms with Crippen LogP contribution in [0.5, 0.6) is 0 Å². The SMILES string of the molecule is CCCCN(CC)C[C@@H](O)COC(c1ccccc1)c1ccccc1. The van der Waals surface area contributed by atoms with Crippen LogP contribution in [0.25, 0.3) is 0 Å². The van der Waals surface area contributed by atoms with Gasteiger partial charge in [0.05, 0.1) is 12.7 Å². The van der Waals surface area contributed by atoms with E-state index in [0.29, 0.717) is 13.2 Å². The van der Waals surface area contributed by atoms with Gasteiger partial charge in [0.1, 0.15) is 6.10 Å². The topological polar surface area (TPSA) is 32.7 Å². The Bertz CT molecular complexity index is 534. The highest BCUT2D eigenvalue weighted by molar-refractivity contribution is 5.29. The summed E-state index contributed by atoms with van der Waals surface area (Å²) in [5.41, 5.74) is 2.22. The fraction of sp³-hybridized carbons (Fsp3) is 0.455. The molecular weight excluding hydrogens is 310 g/mol. The molecule has 0 aliphatic heterocycles. The van der Waals surface area contributed by atoms with Crippen LogP contribution in [0.2, 0.25) is 0 Å². The molecule has 0 amide bonds. The highest BCUT2D eigenvalue weighted by Crippen LogP contribution is 2.25. The lowest BCUT2D eigenvalue weighted by Gasteiger charge is -2.25. The average molecular weight is 341 g/mol. The lowest BCUT2D eigenvalue weighted by molar-refractivity contribution is -0.00792. The molecule has 2 rings (SSSR count). The summed E-state index contributed by atoms with van der Waals surface area (Å²) in [7, 11) is 0. The van der Waals surface area contributed by atoms with Gasteiger partial charge in [-0.3, -0.25) is 0 Å². The molecule has 0 fully saturated rings. The van der Waals surface area contributed by atoms with Crippen LogP contribution in [0.3, 0.4) is 0 Å². The van der Waals surface area contributed by atoms with Gasteiger partial charge in [0, 0.05) is 6.54 Å². The van der Waals surface area contributed by atoms with Crippen molar-refractivity contribution in [3.8, 4) is 0 Å². The minimum absolute atomic E-state index is 0.150. The van der Waals surface area contributed by atoms with E-state index in [9.17, 15) is 5.11 Å². The van der Waals surface area contributed by atoms with Gasteiger partial charge in [-0.15, -0.1) is 0 Å². The van der Waals surface area contributed by atoms with E-state index in [1.807, 2.05) is 36.4 Å². The molecule has 0 bridgehead atoms. The maximum Gasteiger partial charge on any atom is 0.108 e. The largest absolute Gasteiger partial charge is 0.389 e. The van der Waals surface area contributed by atoms with Crippen molar-refractivity contribution in [2.24, 2.45) is 0 Å². The van der Waals surface area contributed by atoms with Gasteiger partial charge in [0.25, 0.3) is 0 Å². The Balaban J connectivity index is 1.98. The zero-order valence-electron chi connectivity index (χ0n) is 15.5. The predicted octanol–water partition coefficient (Wildman–Crippen LogP) is 4.28. The molecule has 0 aromatic heterocycles. The minimum Gasteiger partial charge on any atom is -0.389 e. The van der Waals surface area contributed by atoms with Crippen LogP contribution in [-0.4, -0.2) is 42.4 Å². The summed E-state index contributed by atoms with van der Waals surface area (Å²) in [4.78, 5) is 2.29. The maximum absolute atomic E-state index is 10.4. The van der Waals surface area contributed by atoms with Crippen molar-refractivity contribution in [3.05, 3.63) is 71.8 Å². The van der Waals surface area contributed by atoms with Gasteiger partial charge in [-0.1, -0.05) is 80.9 Å². The molecule has 0 saturated carbocycles. The molecule has 0 spiro atoms. The smallest absolute Gasteiger partial charge is 0.108 e. The van der Waals surface area contributed by atoms with Crippen molar-refractivity contribution in [3.63, 3.8) is 0 Å². The van der Waals surface area contributed by atoms with Crippen molar-refractivity contribution in [1.29, 1.82) is 0 Å². The van der Waals surface area contributed by atoms with E-state index in [4.69, 9.17) is 4.74 Å². The maximum atomic E-state index is 10.4. The summed E-state index contributed by atoms with van der Waals surface area (Å²) in [6.07, 6.45) is 1.71. The Labute approximate surface area is 152 Å². The predicted molar refractivity (Wildman–Crippen MR) is 104 cm³/mol. The first-order chi connectivity index (χ1) is 12.2. The van der Waals surface area contributed by atoms with E-state index in [1.165, 1.54) is 6.42 Å². The molecule has 3 nitrogen and oxygen atoms in total. The molecule has 0 heterocycles. The van der Waals surface area contributed by atoms with E-state index in [-0.39, 0.29) is 6.10 Å². The first-order valence-electron chi connectivity index (χ1n) is 9.36. The molecule has 2 aromatic rings. The number of likely N-dealkylation sites (N-methyl/N-ethyl adjacent to an activating group) is 1. The third kappa shape index (κ3) is 6.62. The Morgan fingerprint density at radius 1 is 0.920 bits per heavy atom. The number of ether oxygens (including phenoxy) is 1. The number of benzene rings is 2. The van der Waals surface area contributed by atoms with Gasteiger partial charge in [0.2, 0.25) is 0 Å². The highest BCUT2D eigenvalue weighted by Gasteiger charge is 2.17. The van der Waals surface area contributed by atoms with Crippen molar-refractivity contribution in [2.45, 2.75) is 38.9 Å². The van der Waals surface area contributed by atoms with Crippen LogP contribution in [0, 0.1) is 0 Å². The van der Waals surface area contributed by atoms with Gasteiger partial charge < -0.3 is 14.7 Å². The first-order valence-corrected chi connectivity index (χ1v) is 9.36. The second-order valence-electron chi connectivity index (χ2n) is 6.44. The third-order valence-electron chi connectivity index (χ3n) is 4.40. The molecule has 0 unspecified atom stereocenters. The molecule has 136 valence electrons. The van der Waals surface area contributed by atoms with E-state index >= 15 is 0 Å². The van der Waals surface area contributed by atoms with Crippen molar-refractivity contribution < 1.29 is 9.84 Å². The number of hydrogen-bond acceptors (Lipinski definition) is 3. The monoisotopic (exact) mass is 341 g/mol. The van der Waals surface area contributed by atoms with Crippen LogP contribution >= 0.6 is 0 Å². The second-order valence-corrected chi connectivity index (χ2v) is 6.44. The average Bonchev–Trinajstić information content (AvgIpc) is 2.67. The molecule has 0 radical (unpaired) electrons. The standard InChI is InChI=1S/C22H31NO2/c1-3-5-16-23(4-2)17-21(24)18-25-22(19-12-8-6-9-13-19)20-14-10-7-11-15-20/h6-15,21-22,24H,3-5,16-18H2,1-2H3/t21-/m1/s1. The number of nitrogens with zero attached hydrogens (tertiary/aromatic N) is 1. The number of hydrogen-bond donors (Lipinski definition) is 1. The number of aliphatic hydroxyl groups excluding tert-OH is 1. The van der Waals surface area contributed by atoms with Gasteiger partial charge in [-0.2, -0.15) is 0 Å². The third-order valence-corrected chi connectivity index (χ3v) is 4.40. The van der Waals surface area contributed by atoms with Gasteiger partial charge in [0.15, 0.2) is 0 Å². The summed E-state index contributed by atoms with van der Waals surface area (Å²) in [5.74, 6) is 0. The molecule has 1 N–H and O–H groups in total. The van der Waals surface area contributed by atoms with E-state index in [2.05, 4.69) is 43.0 Å². The highest BCUT2D eigenvalue weighted by atomic mass is 16.5. The summed E-state index contributed by atoms with van der Waals surface area (Å²) < 4.78 is 6.15. The van der Waals surface area contributed by atoms with E-state index < -0.39 is 6.10 Å². The molecule has 2 aromatic carbocycles. The molecule has 25 heavy (non-hydrogen) atoms. The fourth-order valence-corrected chi connectivity index (χ4v) is 2.96. The molecule has 0 aliphatic rings. The Hall–Kier alpha value is -1.68. The normalized spacial score (nSPS) is 12.7. The number of unbranched alkanes of at least 4 members (excludes halogenated alkanes) is 1. The first kappa shape index (κ1) is 19.6. The second kappa shape index (κ2) is 11.0. The zero-order valence-corrected chi connectivity index (χ0v) is 15.5. The van der Waals surface area contributed by atoms with Gasteiger partial charge in [-0.25, -0.2) is 0 Å². The molecule has 0 saturated heterocycles. The van der Waals surface area contributed by atoms with E-state index in [1.54, 1.807) is 0 Å². The lowest BCUT2D eigenvalue weighted by Crippen LogP contribution is -2.35. The van der Waals surface area contributed by atoms with Gasteiger partial charge >= 0.3 is 0 Å². The lowest BCUT2D eigenvalue weighted by atomic mass is 10.0. The zero-order chi connectivity index (χ0) is 17.9. The van der Waals surface area contributed by atoms with Crippen molar-refractivity contribution >= 4 is 0 Å². The summed E-state index contributed by atoms with van der Waals surface area (Å²) in [6.45, 7) is 7.31. The Morgan fingerprint density at radius 2 is 1.48 bits per heavy atom. The Kier molecular flexibility index (Phi) is 8.67. The van der Waals surface area contributed by atoms with Crippen LogP contribution in [0.4, 0.5) is 0 Å². The quantitative estimate of drug-likeness (QED) is 0.662. The molecular formula is C22H31NO2. The molecule has 3 heteroatoms. The van der Waals surface area contributed by atoms with Crippen LogP contribution in [0.1, 0.15) is 43.9 Å². The number of aliphatic hydroxyl groups is 1. The molecule has 0 aliphatic carbocycles. The summed E-state index contributed by atoms with van der Waals surface area (Å²) in [5, 5.41) is 10.4. The van der Waals surface area contributed by atoms with Crippen LogP contribution in [-0.2, 0) is 4.74 Å². The minimum atomic E-state index is -0.480. The summed E-state index contributed by atoms with van der Waals surface area (Å²) in [6, 6.07) is 20.4. The summed E-state index contributed by atoms with van der Waals surface area (Å²) >= 11 is 0. The van der Waals surface area contributed by atoms with E-state index in [0.717, 1.165) is 30.6 Å². The van der Waals surface area contributed by atoms with Crippen molar-refractivity contribution in [1.82, 2.24) is 4.90 Å². The Morgan fingerprint density at radius 3 is 1.96 bits per heavy atom. The van der Waals surface area contributed by atoms with Crippen molar-refractivity contribution in [2.75, 3.05) is 26.2 Å². The molecule has 1 atom stereocenters. The van der Waals surface area contributed by atoms with Gasteiger partial charge in [-0.05, 0) is 30.6 Å². The fourth-order valence-electron chi connectivity index (χ4n) is 2.96. The van der Waals surface area contributed by atoms with Crippen LogP contribution < -0.4 is 0 Å².